The predicted octanol–water partition coefficient (Wildman–Crippen LogP) is 0.447. The number of esters is 1. The number of hydrogen-bond acceptors (Lipinski definition) is 5. The number of hydrogen-bond donors (Lipinski definition) is 1. The van der Waals surface area contributed by atoms with Crippen LogP contribution in [0, 0.1) is 0 Å². The quantitative estimate of drug-likeness (QED) is 0.436. The van der Waals surface area contributed by atoms with Gasteiger partial charge in [-0.25, -0.2) is 0 Å². The molecule has 0 aromatic heterocycles. The van der Waals surface area contributed by atoms with Crippen molar-refractivity contribution in [2.24, 2.45) is 0 Å². The Hall–Kier alpha value is -1.14. The minimum absolute atomic E-state index is 0.103. The van der Waals surface area contributed by atoms with Crippen LogP contribution in [-0.4, -0.2) is 50.1 Å². The van der Waals surface area contributed by atoms with Crippen LogP contribution in [-0.2, 0) is 23.8 Å². The van der Waals surface area contributed by atoms with Crippen molar-refractivity contribution in [3.8, 4) is 0 Å². The Morgan fingerprint density at radius 3 is 2.25 bits per heavy atom. The molecule has 1 N–H and O–H groups in total. The van der Waals surface area contributed by atoms with Crippen molar-refractivity contribution in [1.29, 1.82) is 0 Å². The van der Waals surface area contributed by atoms with Crippen LogP contribution in [0.2, 0.25) is 0 Å². The Morgan fingerprint density at radius 2 is 1.62 bits per heavy atom. The van der Waals surface area contributed by atoms with Crippen LogP contribution in [0.25, 0.3) is 0 Å². The molecule has 0 spiro atoms. The van der Waals surface area contributed by atoms with E-state index in [1.54, 1.807) is 0 Å². The molecule has 0 saturated heterocycles. The van der Waals surface area contributed by atoms with Crippen molar-refractivity contribution in [2.75, 3.05) is 33.0 Å². The van der Waals surface area contributed by atoms with Gasteiger partial charge in [0.25, 0.3) is 0 Å². The first kappa shape index (κ1) is 14.9. The standard InChI is InChI=1S/C10H18O6/c1-2-14-5-6-15-7-8-16-10(13)4-3-9(11)12/h2-8H2,1H3,(H,11,12). The zero-order valence-corrected chi connectivity index (χ0v) is 9.44. The molecule has 6 heteroatoms. The lowest BCUT2D eigenvalue weighted by Crippen LogP contribution is -2.13. The zero-order valence-electron chi connectivity index (χ0n) is 9.44. The number of ether oxygens (including phenoxy) is 3. The molecule has 6 nitrogen and oxygen atoms in total. The monoisotopic (exact) mass is 234 g/mol. The van der Waals surface area contributed by atoms with Gasteiger partial charge >= 0.3 is 11.9 Å². The van der Waals surface area contributed by atoms with Crippen LogP contribution in [0.4, 0.5) is 0 Å². The van der Waals surface area contributed by atoms with E-state index in [-0.39, 0.29) is 19.4 Å². The second-order valence-corrected chi connectivity index (χ2v) is 2.92. The van der Waals surface area contributed by atoms with E-state index in [0.717, 1.165) is 0 Å². The first-order valence-electron chi connectivity index (χ1n) is 5.19. The first-order chi connectivity index (χ1) is 7.66. The van der Waals surface area contributed by atoms with Gasteiger partial charge < -0.3 is 19.3 Å². The highest BCUT2D eigenvalue weighted by atomic mass is 16.6. The lowest BCUT2D eigenvalue weighted by Gasteiger charge is -2.05. The number of carboxylic acid groups (broad SMARTS) is 1. The summed E-state index contributed by atoms with van der Waals surface area (Å²) in [5.41, 5.74) is 0. The lowest BCUT2D eigenvalue weighted by atomic mass is 10.3. The maximum absolute atomic E-state index is 10.9. The van der Waals surface area contributed by atoms with E-state index in [4.69, 9.17) is 19.3 Å². The molecule has 94 valence electrons. The van der Waals surface area contributed by atoms with Crippen molar-refractivity contribution < 1.29 is 28.9 Å². The van der Waals surface area contributed by atoms with E-state index in [9.17, 15) is 9.59 Å². The summed E-state index contributed by atoms with van der Waals surface area (Å²) < 4.78 is 14.9. The van der Waals surface area contributed by atoms with E-state index in [2.05, 4.69) is 0 Å². The summed E-state index contributed by atoms with van der Waals surface area (Å²) in [5.74, 6) is -1.53. The maximum Gasteiger partial charge on any atom is 0.306 e. The predicted molar refractivity (Wildman–Crippen MR) is 55.1 cm³/mol. The average Bonchev–Trinajstić information content (AvgIpc) is 2.25. The third-order valence-corrected chi connectivity index (χ3v) is 1.61. The van der Waals surface area contributed by atoms with Gasteiger partial charge in [-0.2, -0.15) is 0 Å². The van der Waals surface area contributed by atoms with Gasteiger partial charge in [0.15, 0.2) is 0 Å². The third-order valence-electron chi connectivity index (χ3n) is 1.61. The van der Waals surface area contributed by atoms with E-state index in [1.807, 2.05) is 6.92 Å². The fourth-order valence-electron chi connectivity index (χ4n) is 0.860. The first-order valence-corrected chi connectivity index (χ1v) is 5.19. The summed E-state index contributed by atoms with van der Waals surface area (Å²) in [6, 6.07) is 0. The highest BCUT2D eigenvalue weighted by Crippen LogP contribution is 1.92. The summed E-state index contributed by atoms with van der Waals surface area (Å²) in [4.78, 5) is 21.1. The van der Waals surface area contributed by atoms with Gasteiger partial charge in [0.2, 0.25) is 0 Å². The molecule has 0 aromatic rings. The van der Waals surface area contributed by atoms with Crippen LogP contribution in [0.3, 0.4) is 0 Å². The third kappa shape index (κ3) is 10.9. The maximum atomic E-state index is 10.9. The summed E-state index contributed by atoms with van der Waals surface area (Å²) >= 11 is 0. The van der Waals surface area contributed by atoms with Gasteiger partial charge in [-0.05, 0) is 6.92 Å². The van der Waals surface area contributed by atoms with Crippen LogP contribution < -0.4 is 0 Å². The van der Waals surface area contributed by atoms with Gasteiger partial charge in [0, 0.05) is 6.61 Å². The van der Waals surface area contributed by atoms with Crippen molar-refractivity contribution in [2.45, 2.75) is 19.8 Å². The molecule has 0 unspecified atom stereocenters. The Bertz CT molecular complexity index is 203. The van der Waals surface area contributed by atoms with E-state index in [0.29, 0.717) is 26.4 Å². The fraction of sp³-hybridized carbons (Fsp3) is 0.800. The van der Waals surface area contributed by atoms with Gasteiger partial charge in [-0.15, -0.1) is 0 Å². The Labute approximate surface area is 94.5 Å². The molecule has 0 radical (unpaired) electrons. The number of carboxylic acids is 1. The molecule has 0 rings (SSSR count). The number of aliphatic carboxylic acids is 1. The number of carbonyl (C=O) groups excluding carboxylic acids is 1. The topological polar surface area (TPSA) is 82.1 Å². The molecule has 0 atom stereocenters. The molecule has 0 aliphatic carbocycles. The summed E-state index contributed by atoms with van der Waals surface area (Å²) in [7, 11) is 0. The Balaban J connectivity index is 3.18. The van der Waals surface area contributed by atoms with Gasteiger partial charge in [-0.3, -0.25) is 9.59 Å². The van der Waals surface area contributed by atoms with Crippen LogP contribution >= 0.6 is 0 Å². The van der Waals surface area contributed by atoms with Crippen LogP contribution in [0.1, 0.15) is 19.8 Å². The molecule has 0 amide bonds. The van der Waals surface area contributed by atoms with Crippen LogP contribution in [0.5, 0.6) is 0 Å². The highest BCUT2D eigenvalue weighted by Gasteiger charge is 2.05. The molecule has 0 heterocycles. The van der Waals surface area contributed by atoms with Crippen molar-refractivity contribution in [1.82, 2.24) is 0 Å². The Kier molecular flexibility index (Phi) is 9.64. The summed E-state index contributed by atoms with van der Waals surface area (Å²) in [5, 5.41) is 8.31. The SMILES string of the molecule is CCOCCOCCOC(=O)CCC(=O)O. The average molecular weight is 234 g/mol. The fourth-order valence-corrected chi connectivity index (χ4v) is 0.860. The van der Waals surface area contributed by atoms with E-state index >= 15 is 0 Å². The van der Waals surface area contributed by atoms with Gasteiger partial charge in [0.1, 0.15) is 6.61 Å². The zero-order chi connectivity index (χ0) is 12.2. The molecule has 0 aromatic carbocycles. The molecule has 16 heavy (non-hydrogen) atoms. The largest absolute Gasteiger partial charge is 0.481 e. The minimum atomic E-state index is -1.01. The van der Waals surface area contributed by atoms with Gasteiger partial charge in [-0.1, -0.05) is 0 Å². The van der Waals surface area contributed by atoms with Gasteiger partial charge in [0.05, 0.1) is 32.7 Å². The lowest BCUT2D eigenvalue weighted by molar-refractivity contribution is -0.148. The number of carbonyl (C=O) groups is 2. The van der Waals surface area contributed by atoms with Crippen molar-refractivity contribution >= 4 is 11.9 Å². The normalized spacial score (nSPS) is 10.1. The second kappa shape index (κ2) is 10.4. The summed E-state index contributed by atoms with van der Waals surface area (Å²) in [6.45, 7) is 3.96. The molecule has 0 bridgehead atoms. The minimum Gasteiger partial charge on any atom is -0.481 e. The highest BCUT2D eigenvalue weighted by molar-refractivity contribution is 5.76. The van der Waals surface area contributed by atoms with Crippen molar-refractivity contribution in [3.05, 3.63) is 0 Å². The second-order valence-electron chi connectivity index (χ2n) is 2.92. The molecule has 0 aliphatic heterocycles. The molecule has 0 saturated carbocycles. The van der Waals surface area contributed by atoms with Crippen LogP contribution in [0.15, 0.2) is 0 Å². The smallest absolute Gasteiger partial charge is 0.306 e. The van der Waals surface area contributed by atoms with Crippen molar-refractivity contribution in [3.63, 3.8) is 0 Å². The molecule has 0 fully saturated rings. The Morgan fingerprint density at radius 1 is 1.00 bits per heavy atom. The van der Waals surface area contributed by atoms with E-state index in [1.165, 1.54) is 0 Å². The van der Waals surface area contributed by atoms with E-state index < -0.39 is 11.9 Å². The molecule has 0 aliphatic rings. The summed E-state index contributed by atoms with van der Waals surface area (Å²) in [6.07, 6.45) is -0.307. The number of rotatable bonds is 10. The molecular weight excluding hydrogens is 216 g/mol. The molecular formula is C10H18O6.